The number of rotatable bonds is 30. The van der Waals surface area contributed by atoms with Crippen LogP contribution in [0.4, 0.5) is 0 Å². The van der Waals surface area contributed by atoms with Crippen molar-refractivity contribution in [2.24, 2.45) is 0 Å². The molecule has 0 saturated heterocycles. The van der Waals surface area contributed by atoms with E-state index in [4.69, 9.17) is 14.0 Å². The molecule has 0 radical (unpaired) electrons. The van der Waals surface area contributed by atoms with E-state index in [0.29, 0.717) is 12.8 Å². The molecule has 0 aliphatic carbocycles. The predicted octanol–water partition coefficient (Wildman–Crippen LogP) is 9.59. The molecule has 224 valence electrons. The molecule has 0 bridgehead atoms. The fourth-order valence-electron chi connectivity index (χ4n) is 4.46. The Labute approximate surface area is 240 Å². The van der Waals surface area contributed by atoms with Crippen molar-refractivity contribution in [3.8, 4) is 0 Å². The molecule has 0 aliphatic heterocycles. The summed E-state index contributed by atoms with van der Waals surface area (Å²) in [5.74, 6) is 0.359. The maximum absolute atomic E-state index is 12.2. The number of esters is 2. The van der Waals surface area contributed by atoms with E-state index in [1.54, 1.807) is 0 Å². The van der Waals surface area contributed by atoms with E-state index < -0.39 is 14.8 Å². The topological polar surface area (TPSA) is 78.9 Å². The number of carbonyl (C=O) groups excluding carboxylic acids is 2. The zero-order valence-electron chi connectivity index (χ0n) is 24.3. The maximum atomic E-state index is 12.2. The Morgan fingerprint density at radius 2 is 1.03 bits per heavy atom. The minimum Gasteiger partial charge on any atom is -0.462 e. The lowest BCUT2D eigenvalue weighted by Crippen LogP contribution is -2.28. The lowest BCUT2D eigenvalue weighted by atomic mass is 10.0. The first-order valence-corrected chi connectivity index (χ1v) is 16.9. The molecule has 1 atom stereocenters. The van der Waals surface area contributed by atoms with Gasteiger partial charge >= 0.3 is 20.6 Å². The minimum atomic E-state index is -0.729. The summed E-state index contributed by atoms with van der Waals surface area (Å²) in [6, 6.07) is 0. The number of carbonyl (C=O) groups is 2. The van der Waals surface area contributed by atoms with Gasteiger partial charge in [0.15, 0.2) is 6.10 Å². The third-order valence-corrected chi connectivity index (χ3v) is 7.39. The molecule has 0 unspecified atom stereocenters. The number of hydrogen-bond donors (Lipinski definition) is 1. The van der Waals surface area contributed by atoms with Gasteiger partial charge in [-0.05, 0) is 25.0 Å². The lowest BCUT2D eigenvalue weighted by molar-refractivity contribution is -0.160. The fourth-order valence-corrected chi connectivity index (χ4v) is 4.91. The Morgan fingerprint density at radius 1 is 0.605 bits per heavy atom. The summed E-state index contributed by atoms with van der Waals surface area (Å²) in [6.45, 7) is 2.12. The fraction of sp³-hybridized carbons (Fsp3) is 0.933. The largest absolute Gasteiger partial charge is 0.462 e. The number of hydrogen-bond acceptors (Lipinski definition) is 7. The van der Waals surface area contributed by atoms with Crippen LogP contribution in [0.15, 0.2) is 0 Å². The second-order valence-electron chi connectivity index (χ2n) is 10.5. The Hall–Kier alpha value is -0.650. The smallest absolute Gasteiger partial charge is 0.327 e. The zero-order chi connectivity index (χ0) is 27.9. The highest BCUT2D eigenvalue weighted by Crippen LogP contribution is 2.14. The third kappa shape index (κ3) is 28.4. The zero-order valence-corrected chi connectivity index (χ0v) is 26.1. The Kier molecular flexibility index (Phi) is 30.4. The van der Waals surface area contributed by atoms with Crippen LogP contribution in [0, 0.1) is 0 Å². The van der Waals surface area contributed by atoms with Crippen LogP contribution in [0.5, 0.6) is 0 Å². The van der Waals surface area contributed by atoms with Crippen molar-refractivity contribution in [3.63, 3.8) is 0 Å². The van der Waals surface area contributed by atoms with Gasteiger partial charge in [0.25, 0.3) is 0 Å². The van der Waals surface area contributed by atoms with Crippen molar-refractivity contribution in [3.05, 3.63) is 0 Å². The van der Waals surface area contributed by atoms with Gasteiger partial charge in [0.05, 0.1) is 0 Å². The van der Waals surface area contributed by atoms with Crippen molar-refractivity contribution in [2.45, 2.75) is 161 Å². The first kappa shape index (κ1) is 37.4. The SMILES string of the molecule is CCCCCCCCCCCCCCC(=O)O[C@H](COP=O)COC(=O)CCCCCCCCCCCS. The number of ether oxygens (including phenoxy) is 2. The Morgan fingerprint density at radius 3 is 1.47 bits per heavy atom. The van der Waals surface area contributed by atoms with Crippen LogP contribution in [0.1, 0.15) is 155 Å². The molecular formula is C30H57O6PS. The molecule has 0 fully saturated rings. The van der Waals surface area contributed by atoms with Crippen LogP contribution in [-0.4, -0.2) is 37.0 Å². The van der Waals surface area contributed by atoms with E-state index in [1.807, 2.05) is 0 Å². The molecule has 8 heteroatoms. The van der Waals surface area contributed by atoms with Gasteiger partial charge in [0.1, 0.15) is 13.2 Å². The van der Waals surface area contributed by atoms with Crippen molar-refractivity contribution in [1.82, 2.24) is 0 Å². The molecule has 38 heavy (non-hydrogen) atoms. The number of unbranched alkanes of at least 4 members (excludes halogenated alkanes) is 19. The molecule has 6 nitrogen and oxygen atoms in total. The second kappa shape index (κ2) is 30.9. The summed E-state index contributed by atoms with van der Waals surface area (Å²) in [4.78, 5) is 24.3. The lowest BCUT2D eigenvalue weighted by Gasteiger charge is -2.16. The Bertz CT molecular complexity index is 549. The van der Waals surface area contributed by atoms with Crippen LogP contribution >= 0.6 is 21.3 Å². The molecule has 0 aromatic carbocycles. The molecular weight excluding hydrogens is 519 g/mol. The molecule has 0 aliphatic rings. The van der Waals surface area contributed by atoms with Gasteiger partial charge in [-0.15, -0.1) is 0 Å². The summed E-state index contributed by atoms with van der Waals surface area (Å²) >= 11 is 4.23. The first-order valence-electron chi connectivity index (χ1n) is 15.5. The summed E-state index contributed by atoms with van der Waals surface area (Å²) in [5, 5.41) is 0. The number of thiol groups is 1. The molecule has 0 N–H and O–H groups in total. The van der Waals surface area contributed by atoms with E-state index in [-0.39, 0.29) is 25.2 Å². The third-order valence-electron chi connectivity index (χ3n) is 6.81. The quantitative estimate of drug-likeness (QED) is 0.0397. The second-order valence-corrected chi connectivity index (χ2v) is 11.3. The minimum absolute atomic E-state index is 0.0590. The molecule has 0 rings (SSSR count). The Balaban J connectivity index is 3.79. The van der Waals surface area contributed by atoms with E-state index in [1.165, 1.54) is 96.3 Å². The van der Waals surface area contributed by atoms with Gasteiger partial charge in [-0.3, -0.25) is 14.1 Å². The molecule has 0 aromatic rings. The summed E-state index contributed by atoms with van der Waals surface area (Å²) in [6.07, 6.45) is 25.3. The monoisotopic (exact) mass is 576 g/mol. The van der Waals surface area contributed by atoms with Crippen molar-refractivity contribution < 1.29 is 28.2 Å². The van der Waals surface area contributed by atoms with Gasteiger partial charge < -0.3 is 9.47 Å². The highest BCUT2D eigenvalue weighted by Gasteiger charge is 2.17. The van der Waals surface area contributed by atoms with Crippen molar-refractivity contribution in [2.75, 3.05) is 19.0 Å². The maximum Gasteiger partial charge on any atom is 0.327 e. The van der Waals surface area contributed by atoms with E-state index in [0.717, 1.165) is 44.3 Å². The van der Waals surface area contributed by atoms with Crippen LogP contribution in [0.25, 0.3) is 0 Å². The van der Waals surface area contributed by atoms with Gasteiger partial charge in [-0.1, -0.05) is 122 Å². The van der Waals surface area contributed by atoms with Crippen LogP contribution in [-0.2, 0) is 28.2 Å². The van der Waals surface area contributed by atoms with Crippen LogP contribution < -0.4 is 0 Å². The summed E-state index contributed by atoms with van der Waals surface area (Å²) in [7, 11) is -0.484. The van der Waals surface area contributed by atoms with Gasteiger partial charge in [0, 0.05) is 12.8 Å². The summed E-state index contributed by atoms with van der Waals surface area (Å²) in [5.41, 5.74) is 0. The van der Waals surface area contributed by atoms with Crippen LogP contribution in [0.2, 0.25) is 0 Å². The van der Waals surface area contributed by atoms with Gasteiger partial charge in [-0.2, -0.15) is 12.6 Å². The van der Waals surface area contributed by atoms with Crippen LogP contribution in [0.3, 0.4) is 0 Å². The first-order chi connectivity index (χ1) is 18.6. The van der Waals surface area contributed by atoms with Gasteiger partial charge in [0.2, 0.25) is 0 Å². The predicted molar refractivity (Wildman–Crippen MR) is 160 cm³/mol. The molecule has 0 amide bonds. The highest BCUT2D eigenvalue weighted by atomic mass is 32.1. The average Bonchev–Trinajstić information content (AvgIpc) is 2.91. The van der Waals surface area contributed by atoms with Crippen molar-refractivity contribution >= 4 is 33.3 Å². The average molecular weight is 577 g/mol. The highest BCUT2D eigenvalue weighted by molar-refractivity contribution is 7.80. The van der Waals surface area contributed by atoms with E-state index in [2.05, 4.69) is 19.6 Å². The van der Waals surface area contributed by atoms with E-state index in [9.17, 15) is 14.2 Å². The molecule has 0 aromatic heterocycles. The molecule has 0 spiro atoms. The standard InChI is InChI=1S/C30H57O6PS/c1-2-3-4-5-6-7-8-9-11-15-18-21-24-30(32)36-28(27-35-37-33)26-34-29(31)23-20-17-14-12-10-13-16-19-22-25-38/h28,38H,2-27H2,1H3/t28-/m0/s1. The van der Waals surface area contributed by atoms with Crippen molar-refractivity contribution in [1.29, 1.82) is 0 Å². The molecule has 0 heterocycles. The van der Waals surface area contributed by atoms with Gasteiger partial charge in [-0.25, -0.2) is 4.57 Å². The normalized spacial score (nSPS) is 12.1. The molecule has 0 saturated carbocycles. The van der Waals surface area contributed by atoms with E-state index >= 15 is 0 Å². The summed E-state index contributed by atoms with van der Waals surface area (Å²) < 4.78 is 26.2.